The summed E-state index contributed by atoms with van der Waals surface area (Å²) in [6.45, 7) is 1.60. The number of nitrogens with one attached hydrogen (secondary N) is 2. The molecule has 2 heterocycles. The maximum Gasteiger partial charge on any atom is 0.573 e. The maximum absolute atomic E-state index is 12.2. The van der Waals surface area contributed by atoms with Gasteiger partial charge in [-0.3, -0.25) is 9.48 Å². The average Bonchev–Trinajstić information content (AvgIpc) is 2.94. The fourth-order valence-electron chi connectivity index (χ4n) is 2.80. The molecule has 3 aromatic rings. The Morgan fingerprint density at radius 3 is 2.55 bits per heavy atom. The number of hydrogen-bond donors (Lipinski definition) is 2. The van der Waals surface area contributed by atoms with Crippen LogP contribution in [-0.2, 0) is 21.9 Å². The minimum atomic E-state index is -4.87. The monoisotopic (exact) mass is 457 g/mol. The van der Waals surface area contributed by atoms with Crippen molar-refractivity contribution in [1.82, 2.24) is 19.5 Å². The summed E-state index contributed by atoms with van der Waals surface area (Å²) < 4.78 is 68.5. The van der Waals surface area contributed by atoms with Crippen molar-refractivity contribution in [3.63, 3.8) is 0 Å². The van der Waals surface area contributed by atoms with Crippen LogP contribution in [-0.4, -0.2) is 42.0 Å². The van der Waals surface area contributed by atoms with E-state index in [1.807, 2.05) is 6.92 Å². The van der Waals surface area contributed by atoms with Gasteiger partial charge >= 0.3 is 6.36 Å². The molecule has 1 aromatic carbocycles. The van der Waals surface area contributed by atoms with Crippen LogP contribution in [0.5, 0.6) is 5.75 Å². The van der Waals surface area contributed by atoms with E-state index >= 15 is 0 Å². The van der Waals surface area contributed by atoms with Crippen molar-refractivity contribution in [2.24, 2.45) is 7.05 Å². The molecule has 0 aliphatic heterocycles. The number of ether oxygens (including phenoxy) is 1. The van der Waals surface area contributed by atoms with Gasteiger partial charge in [-0.15, -0.1) is 13.2 Å². The lowest BCUT2D eigenvalue weighted by Gasteiger charge is -2.10. The number of hydrogen-bond acceptors (Lipinski definition) is 6. The zero-order chi connectivity index (χ0) is 22.8. The molecule has 13 heteroatoms. The van der Waals surface area contributed by atoms with Crippen LogP contribution in [0.25, 0.3) is 11.0 Å². The lowest BCUT2D eigenvalue weighted by Crippen LogP contribution is -2.28. The second-order valence-corrected chi connectivity index (χ2v) is 8.29. The SMILES string of the molecule is Cc1nn(C)c2ncc(NC(=O)CCNS(=O)(=O)c3ccc(OC(F)(F)F)cc3)cc12. The molecule has 166 valence electrons. The van der Waals surface area contributed by atoms with Gasteiger partial charge in [-0.1, -0.05) is 0 Å². The first-order chi connectivity index (χ1) is 14.4. The Morgan fingerprint density at radius 1 is 1.23 bits per heavy atom. The molecule has 0 spiro atoms. The topological polar surface area (TPSA) is 115 Å². The van der Waals surface area contributed by atoms with E-state index in [0.717, 1.165) is 35.3 Å². The summed E-state index contributed by atoms with van der Waals surface area (Å²) in [5, 5.41) is 7.65. The standard InChI is InChI=1S/C18H18F3N5O4S/c1-11-15-9-12(10-22-17(15)26(2)25-11)24-16(27)7-8-23-31(28,29)14-5-3-13(4-6-14)30-18(19,20)21/h3-6,9-10,23H,7-8H2,1-2H3,(H,24,27). The first kappa shape index (κ1) is 22.5. The number of carbonyl (C=O) groups excluding carboxylic acids is 1. The second-order valence-electron chi connectivity index (χ2n) is 6.52. The number of benzene rings is 1. The fraction of sp³-hybridized carbons (Fsp3) is 0.278. The van der Waals surface area contributed by atoms with Gasteiger partial charge in [0.15, 0.2) is 5.65 Å². The van der Waals surface area contributed by atoms with Crippen molar-refractivity contribution in [1.29, 1.82) is 0 Å². The molecule has 0 fully saturated rings. The van der Waals surface area contributed by atoms with E-state index in [1.165, 1.54) is 6.20 Å². The van der Waals surface area contributed by atoms with E-state index in [9.17, 15) is 26.4 Å². The summed E-state index contributed by atoms with van der Waals surface area (Å²) in [6.07, 6.45) is -3.57. The Morgan fingerprint density at radius 2 is 1.90 bits per heavy atom. The minimum absolute atomic E-state index is 0.168. The Bertz CT molecular complexity index is 1210. The van der Waals surface area contributed by atoms with E-state index in [0.29, 0.717) is 11.3 Å². The Balaban J connectivity index is 1.55. The normalized spacial score (nSPS) is 12.2. The van der Waals surface area contributed by atoms with Crippen LogP contribution in [0.2, 0.25) is 0 Å². The van der Waals surface area contributed by atoms with Crippen LogP contribution < -0.4 is 14.8 Å². The minimum Gasteiger partial charge on any atom is -0.406 e. The third kappa shape index (κ3) is 5.70. The number of fused-ring (bicyclic) bond motifs is 1. The van der Waals surface area contributed by atoms with Gasteiger partial charge < -0.3 is 10.1 Å². The predicted octanol–water partition coefficient (Wildman–Crippen LogP) is 2.48. The first-order valence-corrected chi connectivity index (χ1v) is 10.4. The summed E-state index contributed by atoms with van der Waals surface area (Å²) in [7, 11) is -2.26. The van der Waals surface area contributed by atoms with Crippen LogP contribution >= 0.6 is 0 Å². The molecule has 0 aliphatic rings. The van der Waals surface area contributed by atoms with Crippen LogP contribution in [0.3, 0.4) is 0 Å². The smallest absolute Gasteiger partial charge is 0.406 e. The molecule has 0 bridgehead atoms. The molecule has 0 saturated carbocycles. The zero-order valence-electron chi connectivity index (χ0n) is 16.4. The summed E-state index contributed by atoms with van der Waals surface area (Å²) >= 11 is 0. The molecular weight excluding hydrogens is 439 g/mol. The molecule has 2 aromatic heterocycles. The van der Waals surface area contributed by atoms with E-state index in [4.69, 9.17) is 0 Å². The molecule has 0 atom stereocenters. The number of aryl methyl sites for hydroxylation is 2. The molecule has 9 nitrogen and oxygen atoms in total. The number of amides is 1. The molecule has 2 N–H and O–H groups in total. The molecule has 3 rings (SSSR count). The van der Waals surface area contributed by atoms with Crippen LogP contribution in [0.4, 0.5) is 18.9 Å². The summed E-state index contributed by atoms with van der Waals surface area (Å²) in [5.74, 6) is -0.987. The molecule has 0 unspecified atom stereocenters. The van der Waals surface area contributed by atoms with Gasteiger partial charge in [-0.05, 0) is 37.3 Å². The zero-order valence-corrected chi connectivity index (χ0v) is 17.2. The quantitative estimate of drug-likeness (QED) is 0.563. The largest absolute Gasteiger partial charge is 0.573 e. The summed E-state index contributed by atoms with van der Waals surface area (Å²) in [5.41, 5.74) is 1.85. The molecule has 31 heavy (non-hydrogen) atoms. The van der Waals surface area contributed by atoms with Gasteiger partial charge in [0.25, 0.3) is 0 Å². The number of aromatic nitrogens is 3. The van der Waals surface area contributed by atoms with Crippen LogP contribution in [0.1, 0.15) is 12.1 Å². The van der Waals surface area contributed by atoms with Gasteiger partial charge in [-0.25, -0.2) is 18.1 Å². The van der Waals surface area contributed by atoms with E-state index in [1.54, 1.807) is 17.8 Å². The number of nitrogens with zero attached hydrogens (tertiary/aromatic N) is 3. The molecule has 0 aliphatic carbocycles. The highest BCUT2D eigenvalue weighted by Gasteiger charge is 2.31. The van der Waals surface area contributed by atoms with Crippen molar-refractivity contribution in [2.45, 2.75) is 24.6 Å². The number of halogens is 3. The van der Waals surface area contributed by atoms with E-state index < -0.39 is 28.0 Å². The highest BCUT2D eigenvalue weighted by atomic mass is 32.2. The number of rotatable bonds is 7. The molecule has 1 amide bonds. The summed E-state index contributed by atoms with van der Waals surface area (Å²) in [4.78, 5) is 16.1. The number of anilines is 1. The van der Waals surface area contributed by atoms with Crippen molar-refractivity contribution in [3.8, 4) is 5.75 Å². The van der Waals surface area contributed by atoms with Gasteiger partial charge in [-0.2, -0.15) is 5.10 Å². The number of pyridine rings is 1. The summed E-state index contributed by atoms with van der Waals surface area (Å²) in [6, 6.07) is 5.44. The lowest BCUT2D eigenvalue weighted by atomic mass is 10.2. The number of sulfonamides is 1. The molecular formula is C18H18F3N5O4S. The maximum atomic E-state index is 12.2. The van der Waals surface area contributed by atoms with Gasteiger partial charge in [0.1, 0.15) is 5.75 Å². The van der Waals surface area contributed by atoms with E-state index in [-0.39, 0.29) is 17.9 Å². The third-order valence-electron chi connectivity index (χ3n) is 4.16. The van der Waals surface area contributed by atoms with Crippen molar-refractivity contribution in [2.75, 3.05) is 11.9 Å². The molecule has 0 saturated heterocycles. The van der Waals surface area contributed by atoms with Crippen LogP contribution in [0.15, 0.2) is 41.4 Å². The van der Waals surface area contributed by atoms with Gasteiger partial charge in [0.05, 0.1) is 22.5 Å². The Hall–Kier alpha value is -3.19. The first-order valence-electron chi connectivity index (χ1n) is 8.89. The predicted molar refractivity (Wildman–Crippen MR) is 105 cm³/mol. The number of carbonyl (C=O) groups is 1. The van der Waals surface area contributed by atoms with Gasteiger partial charge in [0.2, 0.25) is 15.9 Å². The third-order valence-corrected chi connectivity index (χ3v) is 5.64. The Labute approximate surface area is 175 Å². The highest BCUT2D eigenvalue weighted by molar-refractivity contribution is 7.89. The molecule has 0 radical (unpaired) electrons. The van der Waals surface area contributed by atoms with E-state index in [2.05, 4.69) is 24.9 Å². The van der Waals surface area contributed by atoms with Crippen molar-refractivity contribution < 1.29 is 31.1 Å². The number of alkyl halides is 3. The fourth-order valence-corrected chi connectivity index (χ4v) is 3.83. The van der Waals surface area contributed by atoms with Crippen molar-refractivity contribution >= 4 is 32.7 Å². The van der Waals surface area contributed by atoms with Gasteiger partial charge in [0, 0.05) is 25.4 Å². The van der Waals surface area contributed by atoms with Crippen LogP contribution in [0, 0.1) is 6.92 Å². The Kier molecular flexibility index (Phi) is 6.18. The average molecular weight is 457 g/mol. The lowest BCUT2D eigenvalue weighted by molar-refractivity contribution is -0.274. The second kappa shape index (κ2) is 8.51. The highest BCUT2D eigenvalue weighted by Crippen LogP contribution is 2.24. The van der Waals surface area contributed by atoms with Crippen molar-refractivity contribution in [3.05, 3.63) is 42.2 Å².